The number of fused-ring (bicyclic) bond motifs is 1. The van der Waals surface area contributed by atoms with E-state index in [0.717, 1.165) is 5.56 Å². The van der Waals surface area contributed by atoms with E-state index in [2.05, 4.69) is 5.32 Å². The van der Waals surface area contributed by atoms with Crippen LogP contribution in [0.5, 0.6) is 0 Å². The Kier molecular flexibility index (Phi) is 5.26. The summed E-state index contributed by atoms with van der Waals surface area (Å²) in [5.74, 6) is -1.62. The Balaban J connectivity index is 1.85. The van der Waals surface area contributed by atoms with Crippen molar-refractivity contribution in [2.75, 3.05) is 6.54 Å². The molecule has 3 rings (SSSR count). The minimum Gasteiger partial charge on any atom is -0.479 e. The number of hydrogen-bond donors (Lipinski definition) is 2. The molecule has 2 aromatic rings. The van der Waals surface area contributed by atoms with Crippen LogP contribution in [0.4, 0.5) is 0 Å². The molecule has 1 heterocycles. The maximum atomic E-state index is 12.9. The smallest absolute Gasteiger partial charge is 0.331 e. The third-order valence-electron chi connectivity index (χ3n) is 4.59. The lowest BCUT2D eigenvalue weighted by Crippen LogP contribution is -2.43. The molecule has 6 nitrogen and oxygen atoms in total. The topological polar surface area (TPSA) is 86.7 Å². The largest absolute Gasteiger partial charge is 0.479 e. The van der Waals surface area contributed by atoms with Crippen LogP contribution >= 0.6 is 0 Å². The van der Waals surface area contributed by atoms with Gasteiger partial charge in [0, 0.05) is 23.7 Å². The van der Waals surface area contributed by atoms with Crippen molar-refractivity contribution < 1.29 is 19.5 Å². The summed E-state index contributed by atoms with van der Waals surface area (Å²) >= 11 is 0. The van der Waals surface area contributed by atoms with Crippen LogP contribution in [0.2, 0.25) is 0 Å². The van der Waals surface area contributed by atoms with E-state index in [1.165, 1.54) is 4.90 Å². The van der Waals surface area contributed by atoms with Crippen LogP contribution in [0.1, 0.15) is 51.7 Å². The van der Waals surface area contributed by atoms with Crippen molar-refractivity contribution >= 4 is 17.8 Å². The number of benzene rings is 2. The van der Waals surface area contributed by atoms with Gasteiger partial charge in [-0.1, -0.05) is 24.3 Å². The number of carboxylic acids is 1. The first-order chi connectivity index (χ1) is 12.9. The SMILES string of the molecule is CC(C)NC(=O)c1ccc(C(=O)N2CCc3ccccc3C2C(=O)O)cc1. The standard InChI is InChI=1S/C21H22N2O4/c1-13(2)22-19(24)15-7-9-16(10-8-15)20(25)23-12-11-14-5-3-4-6-17(14)18(23)21(26)27/h3-10,13,18H,11-12H2,1-2H3,(H,22,24)(H,26,27). The summed E-state index contributed by atoms with van der Waals surface area (Å²) in [6.45, 7) is 4.08. The molecule has 2 N–H and O–H groups in total. The van der Waals surface area contributed by atoms with E-state index in [-0.39, 0.29) is 17.9 Å². The highest BCUT2D eigenvalue weighted by atomic mass is 16.4. The molecule has 1 unspecified atom stereocenters. The molecule has 1 atom stereocenters. The predicted octanol–water partition coefficient (Wildman–Crippen LogP) is 2.65. The highest BCUT2D eigenvalue weighted by molar-refractivity contribution is 5.99. The summed E-state index contributed by atoms with van der Waals surface area (Å²) < 4.78 is 0. The molecule has 140 valence electrons. The number of carboxylic acid groups (broad SMARTS) is 1. The van der Waals surface area contributed by atoms with Gasteiger partial charge < -0.3 is 15.3 Å². The number of amides is 2. The van der Waals surface area contributed by atoms with Gasteiger partial charge in [0.2, 0.25) is 0 Å². The van der Waals surface area contributed by atoms with Crippen molar-refractivity contribution in [2.45, 2.75) is 32.4 Å². The van der Waals surface area contributed by atoms with Crippen LogP contribution in [0.25, 0.3) is 0 Å². The Bertz CT molecular complexity index is 874. The van der Waals surface area contributed by atoms with Gasteiger partial charge in [-0.15, -0.1) is 0 Å². The summed E-state index contributed by atoms with van der Waals surface area (Å²) in [5, 5.41) is 12.5. The summed E-state index contributed by atoms with van der Waals surface area (Å²) in [5.41, 5.74) is 2.42. The van der Waals surface area contributed by atoms with Gasteiger partial charge in [-0.25, -0.2) is 4.79 Å². The molecule has 0 radical (unpaired) electrons. The number of hydrogen-bond acceptors (Lipinski definition) is 3. The van der Waals surface area contributed by atoms with Gasteiger partial charge >= 0.3 is 5.97 Å². The zero-order chi connectivity index (χ0) is 19.6. The number of aliphatic carboxylic acids is 1. The van der Waals surface area contributed by atoms with Crippen LogP contribution in [-0.2, 0) is 11.2 Å². The minimum atomic E-state index is -1.05. The fourth-order valence-electron chi connectivity index (χ4n) is 3.33. The van der Waals surface area contributed by atoms with Crippen molar-refractivity contribution in [1.29, 1.82) is 0 Å². The monoisotopic (exact) mass is 366 g/mol. The molecule has 1 aliphatic heterocycles. The van der Waals surface area contributed by atoms with Crippen molar-refractivity contribution in [2.24, 2.45) is 0 Å². The van der Waals surface area contributed by atoms with Crippen molar-refractivity contribution in [3.63, 3.8) is 0 Å². The first-order valence-electron chi connectivity index (χ1n) is 8.91. The van der Waals surface area contributed by atoms with Crippen LogP contribution < -0.4 is 5.32 Å². The molecule has 1 aliphatic rings. The molecule has 2 aromatic carbocycles. The van der Waals surface area contributed by atoms with Crippen molar-refractivity contribution in [1.82, 2.24) is 10.2 Å². The van der Waals surface area contributed by atoms with Gasteiger partial charge in [-0.2, -0.15) is 0 Å². The average molecular weight is 366 g/mol. The van der Waals surface area contributed by atoms with E-state index in [1.807, 2.05) is 26.0 Å². The second-order valence-electron chi connectivity index (χ2n) is 6.89. The lowest BCUT2D eigenvalue weighted by atomic mass is 9.92. The van der Waals surface area contributed by atoms with E-state index in [0.29, 0.717) is 29.7 Å². The van der Waals surface area contributed by atoms with Gasteiger partial charge in [-0.05, 0) is 55.7 Å². The van der Waals surface area contributed by atoms with Crippen LogP contribution in [0.3, 0.4) is 0 Å². The average Bonchev–Trinajstić information content (AvgIpc) is 2.66. The number of nitrogens with zero attached hydrogens (tertiary/aromatic N) is 1. The molecule has 6 heteroatoms. The van der Waals surface area contributed by atoms with Crippen molar-refractivity contribution in [3.8, 4) is 0 Å². The first-order valence-corrected chi connectivity index (χ1v) is 8.91. The normalized spacial score (nSPS) is 16.0. The fourth-order valence-corrected chi connectivity index (χ4v) is 3.33. The number of carbonyl (C=O) groups excluding carboxylic acids is 2. The Labute approximate surface area is 157 Å². The zero-order valence-corrected chi connectivity index (χ0v) is 15.3. The molecule has 27 heavy (non-hydrogen) atoms. The van der Waals surface area contributed by atoms with Crippen LogP contribution in [0, 0.1) is 0 Å². The van der Waals surface area contributed by atoms with Gasteiger partial charge in [0.05, 0.1) is 0 Å². The van der Waals surface area contributed by atoms with Gasteiger partial charge in [0.1, 0.15) is 0 Å². The second-order valence-corrected chi connectivity index (χ2v) is 6.89. The van der Waals surface area contributed by atoms with Crippen LogP contribution in [-0.4, -0.2) is 40.4 Å². The highest BCUT2D eigenvalue weighted by Gasteiger charge is 2.36. The first kappa shape index (κ1) is 18.6. The minimum absolute atomic E-state index is 0.0172. The number of rotatable bonds is 4. The maximum Gasteiger partial charge on any atom is 0.331 e. The number of nitrogens with one attached hydrogen (secondary N) is 1. The second kappa shape index (κ2) is 7.61. The fraction of sp³-hybridized carbons (Fsp3) is 0.286. The molecule has 2 amide bonds. The van der Waals surface area contributed by atoms with E-state index < -0.39 is 12.0 Å². The van der Waals surface area contributed by atoms with Gasteiger partial charge in [-0.3, -0.25) is 9.59 Å². The Morgan fingerprint density at radius 3 is 2.30 bits per heavy atom. The molecular formula is C21H22N2O4. The molecule has 0 bridgehead atoms. The van der Waals surface area contributed by atoms with Gasteiger partial charge in [0.25, 0.3) is 11.8 Å². The molecular weight excluding hydrogens is 344 g/mol. The van der Waals surface area contributed by atoms with E-state index >= 15 is 0 Å². The van der Waals surface area contributed by atoms with E-state index in [4.69, 9.17) is 0 Å². The zero-order valence-electron chi connectivity index (χ0n) is 15.3. The number of carbonyl (C=O) groups is 3. The summed E-state index contributed by atoms with van der Waals surface area (Å²) in [6, 6.07) is 12.6. The summed E-state index contributed by atoms with van der Waals surface area (Å²) in [6.07, 6.45) is 0.612. The molecule has 0 saturated carbocycles. The Morgan fingerprint density at radius 2 is 1.67 bits per heavy atom. The third-order valence-corrected chi connectivity index (χ3v) is 4.59. The highest BCUT2D eigenvalue weighted by Crippen LogP contribution is 2.31. The lowest BCUT2D eigenvalue weighted by molar-refractivity contribution is -0.143. The van der Waals surface area contributed by atoms with Crippen LogP contribution in [0.15, 0.2) is 48.5 Å². The Hall–Kier alpha value is -3.15. The molecule has 0 aliphatic carbocycles. The summed E-state index contributed by atoms with van der Waals surface area (Å²) in [4.78, 5) is 38.2. The lowest BCUT2D eigenvalue weighted by Gasteiger charge is -2.34. The third kappa shape index (κ3) is 3.84. The predicted molar refractivity (Wildman–Crippen MR) is 101 cm³/mol. The molecule has 0 fully saturated rings. The molecule has 0 saturated heterocycles. The maximum absolute atomic E-state index is 12.9. The van der Waals surface area contributed by atoms with Crippen molar-refractivity contribution in [3.05, 3.63) is 70.8 Å². The molecule has 0 spiro atoms. The molecule has 0 aromatic heterocycles. The Morgan fingerprint density at radius 1 is 1.04 bits per heavy atom. The quantitative estimate of drug-likeness (QED) is 0.871. The van der Waals surface area contributed by atoms with Gasteiger partial charge in [0.15, 0.2) is 6.04 Å². The van der Waals surface area contributed by atoms with E-state index in [1.54, 1.807) is 36.4 Å². The van der Waals surface area contributed by atoms with E-state index in [9.17, 15) is 19.5 Å². The summed E-state index contributed by atoms with van der Waals surface area (Å²) in [7, 11) is 0.